The fourth-order valence-corrected chi connectivity index (χ4v) is 6.28. The number of Topliss-reactive ketones (excluding diaryl/α,β-unsaturated/α-hetero) is 2. The van der Waals surface area contributed by atoms with Crippen LogP contribution in [-0.4, -0.2) is 113 Å². The summed E-state index contributed by atoms with van der Waals surface area (Å²) < 4.78 is 3.94. The maximum Gasteiger partial charge on any atom is 1.00 e. The molecule has 0 bridgehead atoms. The number of aliphatic hydroxyl groups excluding tert-OH is 2. The zero-order valence-corrected chi connectivity index (χ0v) is 107. The van der Waals surface area contributed by atoms with Crippen molar-refractivity contribution in [1.82, 2.24) is 19.1 Å². The number of benzene rings is 4. The molecule has 0 unspecified atom stereocenters. The van der Waals surface area contributed by atoms with Gasteiger partial charge in [0, 0.05) is 695 Å². The van der Waals surface area contributed by atoms with E-state index < -0.39 is 11.9 Å². The van der Waals surface area contributed by atoms with E-state index in [9.17, 15) is 28.8 Å². The van der Waals surface area contributed by atoms with Gasteiger partial charge in [-0.05, 0) is 125 Å². The van der Waals surface area contributed by atoms with Crippen LogP contribution in [0, 0.1) is 13.8 Å². The second kappa shape index (κ2) is 139. The predicted octanol–water partition coefficient (Wildman–Crippen LogP) is 0.752. The molecule has 526 valence electrons. The number of aromatic carboxylic acids is 2. The molecule has 0 fully saturated rings. The van der Waals surface area contributed by atoms with Crippen LogP contribution in [0.15, 0.2) is 72.8 Å². The number of hydrogen-bond acceptors (Lipinski definition) is 12. The van der Waals surface area contributed by atoms with Gasteiger partial charge in [-0.3, -0.25) is 19.2 Å². The van der Waals surface area contributed by atoms with Crippen LogP contribution in [0.25, 0.3) is 33.9 Å². The van der Waals surface area contributed by atoms with Crippen molar-refractivity contribution in [3.8, 4) is 0 Å². The van der Waals surface area contributed by atoms with Crippen molar-refractivity contribution in [2.45, 2.75) is 54.4 Å². The molecule has 8 rings (SSSR count). The first-order valence-corrected chi connectivity index (χ1v) is 20.0. The molecule has 2 aromatic heterocycles. The zero-order valence-electron chi connectivity index (χ0n) is 55.8. The summed E-state index contributed by atoms with van der Waals surface area (Å²) in [6.07, 6.45) is 0.708. The Balaban J connectivity index is -0.0000000144. The van der Waals surface area contributed by atoms with Gasteiger partial charge in [0.25, 0.3) is 0 Å². The van der Waals surface area contributed by atoms with E-state index in [1.54, 1.807) is 87.1 Å². The molecule has 0 saturated heterocycles. The van der Waals surface area contributed by atoms with E-state index in [0.29, 0.717) is 18.4 Å². The Bertz CT molecular complexity index is 2570. The van der Waals surface area contributed by atoms with Gasteiger partial charge in [-0.25, -0.2) is 19.6 Å². The van der Waals surface area contributed by atoms with E-state index >= 15 is 0 Å². The number of anilines is 2. The van der Waals surface area contributed by atoms with Crippen LogP contribution in [0.5, 0.6) is 0 Å². The van der Waals surface area contributed by atoms with Crippen molar-refractivity contribution in [3.63, 3.8) is 0 Å². The Morgan fingerprint density at radius 1 is 0.373 bits per heavy atom. The van der Waals surface area contributed by atoms with Gasteiger partial charge in [0.2, 0.25) is 11.8 Å². The minimum Gasteiger partial charge on any atom is -0.553 e. The smallest absolute Gasteiger partial charge is 0.553 e. The fraction of sp³-hybridized carbons (Fsp3) is 0.304. The first-order valence-electron chi connectivity index (χ1n) is 20.0. The number of nitrogens with one attached hydrogen (secondary N) is 2. The van der Waals surface area contributed by atoms with Gasteiger partial charge in [-0.15, -0.1) is 0 Å². The summed E-state index contributed by atoms with van der Waals surface area (Å²) in [5, 5.41) is 45.2. The van der Waals surface area contributed by atoms with Crippen LogP contribution in [0.3, 0.4) is 0 Å². The molecule has 56 heteroatoms. The molecule has 20 nitrogen and oxygen atoms in total. The molecule has 0 saturated carbocycles. The molecule has 0 atom stereocenters. The third-order valence-electron chi connectivity index (χ3n) is 9.83. The maximum atomic E-state index is 11.4. The summed E-state index contributed by atoms with van der Waals surface area (Å²) >= 11 is 0. The summed E-state index contributed by atoms with van der Waals surface area (Å²) in [5.74, 6) is 9.65. The molecule has 34 radical (unpaired) electrons. The van der Waals surface area contributed by atoms with Crippen LogP contribution in [-0.2, 0) is 667 Å². The number of aromatic nitrogens is 4. The number of amides is 2. The van der Waals surface area contributed by atoms with E-state index in [0.717, 1.165) is 61.8 Å². The Hall–Kier alpha value is 14.7. The number of carbonyl (C=O) groups excluding carboxylic acids is 4. The van der Waals surface area contributed by atoms with Gasteiger partial charge in [-0.2, -0.15) is 0 Å². The fourth-order valence-electron chi connectivity index (χ4n) is 6.28. The molecule has 2 amide bonds. The summed E-state index contributed by atoms with van der Waals surface area (Å²) in [4.78, 5) is 78.1. The molecule has 0 aliphatic carbocycles. The summed E-state index contributed by atoms with van der Waals surface area (Å²) in [6.45, 7) is 10.8. The standard InChI is InChI=1S/C11H12N2O.C11H11NO2.C10H10N2O2.C10H9NO3.2C2H6O.2H2NO.2Na.34V/c1-7(14)9-4-5-11-10(6-9)12-8(2)13(11)3;1-7(13)8-3-4-10-9(5-8)6-11(14)12(10)2;1-6-11-8-5-7(10(13)14)3-4-9(8)12(6)2;1-11-8-3-2-6(10(13)14)4-7(8)5-9(11)12;2*1-2-3;2*1-2;;;;;;;;;;;;;;;;;;;;;;;;;;;;;;;;;;;;/h4-6H,1-3H3;3-5H,6H2,1-2H3;3-5H,1-2H3,(H,13,14);2-4H,5H2,1H3,(H,13,14);2*3H,2H2,1H3;2*1-2H;;;;;;;;;;;;;;;;;;;;;;;;;;;;;;;;;;;;/q;;;;;;2*-1;2*+1;;;;;;;;;;;;;;;;;;;;;;;;;;;;;;;;;;. The predicted molar refractivity (Wildman–Crippen MR) is 250 cm³/mol. The second-order valence-corrected chi connectivity index (χ2v) is 14.1. The third-order valence-corrected chi connectivity index (χ3v) is 9.83. The van der Waals surface area contributed by atoms with Gasteiger partial charge >= 0.3 is 71.1 Å². The number of likely N-dealkylation sites (N-methyl/N-ethyl adjacent to an activating group) is 2. The number of carboxylic acid groups (broad SMARTS) is 2. The first-order chi connectivity index (χ1) is 31.2. The Kier molecular flexibility index (Phi) is 326. The molecule has 2 aliphatic rings. The van der Waals surface area contributed by atoms with Crippen LogP contribution < -0.4 is 68.9 Å². The van der Waals surface area contributed by atoms with Crippen LogP contribution in [0.2, 0.25) is 0 Å². The van der Waals surface area contributed by atoms with E-state index in [4.69, 9.17) is 42.6 Å². The van der Waals surface area contributed by atoms with Crippen molar-refractivity contribution in [3.05, 3.63) is 130 Å². The number of aryl methyl sites for hydroxylation is 4. The van der Waals surface area contributed by atoms with Gasteiger partial charge in [0.1, 0.15) is 11.6 Å². The third kappa shape index (κ3) is 86.8. The molecular formula is C46H58N8Na2O12V34. The van der Waals surface area contributed by atoms with E-state index in [1.165, 1.54) is 13.0 Å². The molecule has 102 heavy (non-hydrogen) atoms. The van der Waals surface area contributed by atoms with Crippen LogP contribution in [0.1, 0.15) is 91.9 Å². The molecule has 8 N–H and O–H groups in total. The number of hydrogen-bond donors (Lipinski definition) is 6. The van der Waals surface area contributed by atoms with Gasteiger partial charge in [0.15, 0.2) is 11.6 Å². The van der Waals surface area contributed by atoms with Crippen LogP contribution in [0.4, 0.5) is 11.4 Å². The monoisotopic (exact) mass is 2690 g/mol. The van der Waals surface area contributed by atoms with Crippen molar-refractivity contribution in [2.24, 2.45) is 14.1 Å². The molecule has 0 spiro atoms. The molecular weight excluding hydrogens is 2630 g/mol. The minimum absolute atomic E-state index is 0. The molecule has 4 heterocycles. The number of imidazole rings is 2. The molecule has 2 aliphatic heterocycles. The van der Waals surface area contributed by atoms with E-state index in [1.807, 2.05) is 61.3 Å². The average molecular weight is 2690 g/mol. The van der Waals surface area contributed by atoms with Crippen molar-refractivity contribution < 1.29 is 750 Å². The number of nitrogens with zero attached hydrogens (tertiary/aromatic N) is 6. The van der Waals surface area contributed by atoms with E-state index in [-0.39, 0.29) is 738 Å². The zero-order chi connectivity index (χ0) is 50.6. The topological polar surface area (TPSA) is 314 Å². The molecule has 6 aromatic rings. The summed E-state index contributed by atoms with van der Waals surface area (Å²) in [6, 6.07) is 20.7. The van der Waals surface area contributed by atoms with Gasteiger partial charge in [-0.1, -0.05) is 0 Å². The number of rotatable bonds is 4. The first kappa shape index (κ1) is 240. The largest absolute Gasteiger partial charge is 1.00 e. The van der Waals surface area contributed by atoms with E-state index in [2.05, 4.69) is 9.97 Å². The number of carbonyl (C=O) groups is 6. The number of ketones is 2. The maximum absolute atomic E-state index is 11.4. The quantitative estimate of drug-likeness (QED) is 0.0807. The molecule has 4 aromatic carbocycles. The van der Waals surface area contributed by atoms with Crippen molar-refractivity contribution >= 4 is 68.8 Å². The van der Waals surface area contributed by atoms with Crippen LogP contribution >= 0.6 is 0 Å². The number of carboxylic acids is 2. The normalized spacial score (nSPS) is 7.37. The van der Waals surface area contributed by atoms with Crippen molar-refractivity contribution in [1.29, 1.82) is 0 Å². The summed E-state index contributed by atoms with van der Waals surface area (Å²) in [7, 11) is 7.32. The van der Waals surface area contributed by atoms with Crippen molar-refractivity contribution in [2.75, 3.05) is 37.1 Å². The number of fused-ring (bicyclic) bond motifs is 4. The van der Waals surface area contributed by atoms with Gasteiger partial charge < -0.3 is 61.6 Å². The Morgan fingerprint density at radius 2 is 0.559 bits per heavy atom. The summed E-state index contributed by atoms with van der Waals surface area (Å²) in [5.41, 5.74) is 8.98. The minimum atomic E-state index is -0.963. The second-order valence-electron chi connectivity index (χ2n) is 14.1. The Morgan fingerprint density at radius 3 is 0.794 bits per heavy atom. The number of aliphatic hydroxyl groups is 2. The SMILES string of the molecule is CC(=O)c1ccc2c(c1)CC(=O)N2C.CC(=O)c1ccc2c(c1)nc(C)n2C.CCO.CCO.CN1C(=O)Cc2cc(C(=O)O)ccc21.Cc1nc2cc(C(=O)O)ccc2n1C.[NH-]O.[NH-]O.[Na+].[Na+].[V].[V].[V].[V].[V].[V].[V].[V].[V].[V].[V].[V].[V].[V].[V].[V].[V].[V].[V].[V].[V].[V].[V].[V].[V].[V].[V].[V].[V].[V].[V].[V].[V].[V]. The Labute approximate surface area is 1050 Å². The van der Waals surface area contributed by atoms with Gasteiger partial charge in [0.05, 0.1) is 46.0 Å². The average Bonchev–Trinajstić information content (AvgIpc) is 3.96.